The summed E-state index contributed by atoms with van der Waals surface area (Å²) in [6.07, 6.45) is -2.21. The number of nitrogens with zero attached hydrogens (tertiary/aromatic N) is 2. The van der Waals surface area contributed by atoms with Crippen molar-refractivity contribution >= 4 is 17.4 Å². The molecule has 0 aliphatic heterocycles. The molecule has 0 aromatic carbocycles. The molecule has 0 saturated carbocycles. The lowest BCUT2D eigenvalue weighted by Crippen LogP contribution is -2.08. The van der Waals surface area contributed by atoms with Crippen LogP contribution in [0.15, 0.2) is 22.9 Å². The third kappa shape index (κ3) is 3.37. The molecule has 0 unspecified atom stereocenters. The first-order chi connectivity index (χ1) is 8.86. The van der Waals surface area contributed by atoms with Crippen molar-refractivity contribution in [2.24, 2.45) is 0 Å². The van der Waals surface area contributed by atoms with Crippen molar-refractivity contribution in [3.05, 3.63) is 40.7 Å². The van der Waals surface area contributed by atoms with Gasteiger partial charge in [-0.2, -0.15) is 13.2 Å². The van der Waals surface area contributed by atoms with Gasteiger partial charge in [-0.3, -0.25) is 0 Å². The summed E-state index contributed by atoms with van der Waals surface area (Å²) in [7, 11) is 0. The Hall–Kier alpha value is -1.76. The van der Waals surface area contributed by atoms with Gasteiger partial charge in [0.1, 0.15) is 11.6 Å². The highest BCUT2D eigenvalue weighted by Gasteiger charge is 2.31. The lowest BCUT2D eigenvalue weighted by atomic mass is 10.3. The van der Waals surface area contributed by atoms with E-state index in [2.05, 4.69) is 15.3 Å². The molecule has 0 aliphatic carbocycles. The van der Waals surface area contributed by atoms with Crippen LogP contribution in [0.1, 0.15) is 17.2 Å². The average molecular weight is 292 g/mol. The zero-order valence-corrected chi connectivity index (χ0v) is 10.5. The third-order valence-corrected chi connectivity index (χ3v) is 2.53. The quantitative estimate of drug-likeness (QED) is 0.937. The number of anilines is 1. The molecular formula is C11H9ClF3N3O. The second kappa shape index (κ2) is 5.08. The standard InChI is InChI=1S/C11H9ClF3N3O/c1-6-3-16-9(19-6)5-18-10-8(12)2-7(4-17-10)11(13,14)15/h2-4H,5H2,1H3,(H,17,18). The number of aryl methyl sites for hydroxylation is 1. The third-order valence-electron chi connectivity index (χ3n) is 2.24. The Labute approximate surface area is 111 Å². The highest BCUT2D eigenvalue weighted by Crippen LogP contribution is 2.32. The SMILES string of the molecule is Cc1cnc(CNc2ncc(C(F)(F)F)cc2Cl)o1. The second-order valence-electron chi connectivity index (χ2n) is 3.77. The smallest absolute Gasteiger partial charge is 0.417 e. The first-order valence-electron chi connectivity index (χ1n) is 5.24. The van der Waals surface area contributed by atoms with Crippen LogP contribution in [0.4, 0.5) is 19.0 Å². The van der Waals surface area contributed by atoms with Crippen LogP contribution < -0.4 is 5.32 Å². The fraction of sp³-hybridized carbons (Fsp3) is 0.273. The van der Waals surface area contributed by atoms with Crippen molar-refractivity contribution in [1.82, 2.24) is 9.97 Å². The van der Waals surface area contributed by atoms with Crippen LogP contribution in [0.2, 0.25) is 5.02 Å². The van der Waals surface area contributed by atoms with Crippen LogP contribution in [-0.2, 0) is 12.7 Å². The number of oxazole rings is 1. The molecule has 0 atom stereocenters. The van der Waals surface area contributed by atoms with Crippen molar-refractivity contribution in [3.63, 3.8) is 0 Å². The van der Waals surface area contributed by atoms with Crippen molar-refractivity contribution in [3.8, 4) is 0 Å². The summed E-state index contributed by atoms with van der Waals surface area (Å²) in [4.78, 5) is 7.57. The van der Waals surface area contributed by atoms with Gasteiger partial charge in [-0.05, 0) is 13.0 Å². The fourth-order valence-corrected chi connectivity index (χ4v) is 1.60. The van der Waals surface area contributed by atoms with E-state index >= 15 is 0 Å². The Morgan fingerprint density at radius 2 is 2.05 bits per heavy atom. The minimum absolute atomic E-state index is 0.113. The molecule has 2 rings (SSSR count). The van der Waals surface area contributed by atoms with Crippen LogP contribution in [0.3, 0.4) is 0 Å². The summed E-state index contributed by atoms with van der Waals surface area (Å²) in [5, 5.41) is 2.64. The number of aromatic nitrogens is 2. The molecule has 1 N–H and O–H groups in total. The van der Waals surface area contributed by atoms with Crippen LogP contribution in [0.25, 0.3) is 0 Å². The Morgan fingerprint density at radius 1 is 1.32 bits per heavy atom. The molecule has 0 aliphatic rings. The van der Waals surface area contributed by atoms with Crippen molar-refractivity contribution in [2.45, 2.75) is 19.6 Å². The molecule has 0 amide bonds. The van der Waals surface area contributed by atoms with Gasteiger partial charge >= 0.3 is 6.18 Å². The topological polar surface area (TPSA) is 51.0 Å². The summed E-state index contributed by atoms with van der Waals surface area (Å²) in [6, 6.07) is 0.817. The lowest BCUT2D eigenvalue weighted by Gasteiger charge is -2.09. The van der Waals surface area contributed by atoms with Gasteiger partial charge in [0.15, 0.2) is 0 Å². The molecule has 0 radical (unpaired) electrons. The van der Waals surface area contributed by atoms with Gasteiger partial charge in [-0.1, -0.05) is 11.6 Å². The van der Waals surface area contributed by atoms with E-state index in [9.17, 15) is 13.2 Å². The molecule has 4 nitrogen and oxygen atoms in total. The summed E-state index contributed by atoms with van der Waals surface area (Å²) in [6.45, 7) is 1.92. The number of alkyl halides is 3. The number of halogens is 4. The van der Waals surface area contributed by atoms with Gasteiger partial charge in [0.2, 0.25) is 5.89 Å². The monoisotopic (exact) mass is 291 g/mol. The molecule has 102 valence electrons. The molecule has 0 spiro atoms. The van der Waals surface area contributed by atoms with Gasteiger partial charge in [0.05, 0.1) is 23.3 Å². The number of pyridine rings is 1. The fourth-order valence-electron chi connectivity index (χ4n) is 1.37. The lowest BCUT2D eigenvalue weighted by molar-refractivity contribution is -0.137. The normalized spacial score (nSPS) is 11.6. The molecule has 0 saturated heterocycles. The summed E-state index contributed by atoms with van der Waals surface area (Å²) in [5.74, 6) is 1.18. The Bertz CT molecular complexity index is 583. The Morgan fingerprint density at radius 3 is 2.58 bits per heavy atom. The predicted octanol–water partition coefficient (Wildman–Crippen LogP) is 3.66. The number of nitrogens with one attached hydrogen (secondary N) is 1. The molecular weight excluding hydrogens is 283 g/mol. The largest absolute Gasteiger partial charge is 0.444 e. The summed E-state index contributed by atoms with van der Waals surface area (Å²) in [5.41, 5.74) is -0.894. The maximum atomic E-state index is 12.4. The Balaban J connectivity index is 2.09. The van der Waals surface area contributed by atoms with E-state index in [4.69, 9.17) is 16.0 Å². The van der Waals surface area contributed by atoms with E-state index < -0.39 is 11.7 Å². The predicted molar refractivity (Wildman–Crippen MR) is 62.8 cm³/mol. The van der Waals surface area contributed by atoms with Gasteiger partial charge in [0, 0.05) is 6.20 Å². The minimum atomic E-state index is -4.46. The van der Waals surface area contributed by atoms with Crippen LogP contribution in [-0.4, -0.2) is 9.97 Å². The van der Waals surface area contributed by atoms with E-state index in [1.54, 1.807) is 13.1 Å². The van der Waals surface area contributed by atoms with E-state index in [1.807, 2.05) is 0 Å². The molecule has 0 fully saturated rings. The van der Waals surface area contributed by atoms with Crippen LogP contribution in [0, 0.1) is 6.92 Å². The molecule has 8 heteroatoms. The first kappa shape index (κ1) is 13.7. The van der Waals surface area contributed by atoms with Gasteiger partial charge in [0.25, 0.3) is 0 Å². The highest BCUT2D eigenvalue weighted by atomic mass is 35.5. The molecule has 2 aromatic rings. The van der Waals surface area contributed by atoms with Crippen LogP contribution in [0.5, 0.6) is 0 Å². The first-order valence-corrected chi connectivity index (χ1v) is 5.62. The van der Waals surface area contributed by atoms with Crippen LogP contribution >= 0.6 is 11.6 Å². The number of hydrogen-bond acceptors (Lipinski definition) is 4. The van der Waals surface area contributed by atoms with E-state index in [1.165, 1.54) is 0 Å². The van der Waals surface area contributed by atoms with E-state index in [0.29, 0.717) is 11.7 Å². The van der Waals surface area contributed by atoms with Crippen molar-refractivity contribution in [2.75, 3.05) is 5.32 Å². The molecule has 2 heterocycles. The minimum Gasteiger partial charge on any atom is -0.444 e. The number of rotatable bonds is 3. The highest BCUT2D eigenvalue weighted by molar-refractivity contribution is 6.32. The summed E-state index contributed by atoms with van der Waals surface area (Å²) >= 11 is 5.73. The maximum absolute atomic E-state index is 12.4. The second-order valence-corrected chi connectivity index (χ2v) is 4.18. The zero-order chi connectivity index (χ0) is 14.0. The van der Waals surface area contributed by atoms with Gasteiger partial charge < -0.3 is 9.73 Å². The number of hydrogen-bond donors (Lipinski definition) is 1. The molecule has 19 heavy (non-hydrogen) atoms. The van der Waals surface area contributed by atoms with Gasteiger partial charge in [-0.15, -0.1) is 0 Å². The van der Waals surface area contributed by atoms with Crippen molar-refractivity contribution in [1.29, 1.82) is 0 Å². The van der Waals surface area contributed by atoms with Gasteiger partial charge in [-0.25, -0.2) is 9.97 Å². The van der Waals surface area contributed by atoms with E-state index in [-0.39, 0.29) is 17.4 Å². The average Bonchev–Trinajstić information content (AvgIpc) is 2.72. The summed E-state index contributed by atoms with van der Waals surface area (Å²) < 4.78 is 42.4. The van der Waals surface area contributed by atoms with Crippen molar-refractivity contribution < 1.29 is 17.6 Å². The Kier molecular flexibility index (Phi) is 3.66. The molecule has 0 bridgehead atoms. The van der Waals surface area contributed by atoms with E-state index in [0.717, 1.165) is 12.3 Å². The molecule has 2 aromatic heterocycles. The zero-order valence-electron chi connectivity index (χ0n) is 9.75. The maximum Gasteiger partial charge on any atom is 0.417 e.